The first-order valence-electron chi connectivity index (χ1n) is 9.47. The largest absolute Gasteiger partial charge is 0.493 e. The summed E-state index contributed by atoms with van der Waals surface area (Å²) in [5, 5.41) is 0. The third-order valence-electron chi connectivity index (χ3n) is 5.32. The monoisotopic (exact) mass is 444 g/mol. The molecule has 0 spiro atoms. The molecule has 7 nitrogen and oxygen atoms in total. The van der Waals surface area contributed by atoms with Crippen LogP contribution in [-0.4, -0.2) is 31.8 Å². The molecule has 162 valence electrons. The van der Waals surface area contributed by atoms with Crippen LogP contribution in [0.25, 0.3) is 0 Å². The Morgan fingerprint density at radius 3 is 2.29 bits per heavy atom. The number of rotatable bonds is 5. The summed E-state index contributed by atoms with van der Waals surface area (Å²) in [7, 11) is 6.16. The number of hydrogen-bond donors (Lipinski definition) is 0. The van der Waals surface area contributed by atoms with E-state index >= 15 is 0 Å². The van der Waals surface area contributed by atoms with E-state index < -0.39 is 5.82 Å². The highest BCUT2D eigenvalue weighted by molar-refractivity contribution is 7.10. The molecule has 1 aliphatic heterocycles. The molecule has 0 N–H and O–H groups in total. The Kier molecular flexibility index (Phi) is 5.45. The van der Waals surface area contributed by atoms with Gasteiger partial charge in [0.25, 0.3) is 0 Å². The first kappa shape index (κ1) is 20.9. The lowest BCUT2D eigenvalue weighted by molar-refractivity contribution is -0.118. The number of aromatic nitrogens is 1. The van der Waals surface area contributed by atoms with Gasteiger partial charge in [-0.3, -0.25) is 19.1 Å². The lowest BCUT2D eigenvalue weighted by Gasteiger charge is -2.32. The van der Waals surface area contributed by atoms with Gasteiger partial charge in [0.05, 0.1) is 31.9 Å². The van der Waals surface area contributed by atoms with E-state index in [9.17, 15) is 14.0 Å². The highest BCUT2D eigenvalue weighted by Gasteiger charge is 2.38. The number of amides is 1. The van der Waals surface area contributed by atoms with Crippen molar-refractivity contribution in [3.05, 3.63) is 62.3 Å². The molecule has 1 aliphatic rings. The van der Waals surface area contributed by atoms with Crippen molar-refractivity contribution in [1.82, 2.24) is 4.57 Å². The first-order valence-corrected chi connectivity index (χ1v) is 10.3. The molecule has 2 aromatic carbocycles. The Morgan fingerprint density at radius 2 is 1.71 bits per heavy atom. The molecular weight excluding hydrogens is 423 g/mol. The number of hydrogen-bond acceptors (Lipinski definition) is 6. The highest BCUT2D eigenvalue weighted by atomic mass is 32.1. The second-order valence-corrected chi connectivity index (χ2v) is 8.03. The van der Waals surface area contributed by atoms with Crippen LogP contribution in [0.4, 0.5) is 15.9 Å². The molecule has 0 aliphatic carbocycles. The van der Waals surface area contributed by atoms with Gasteiger partial charge in [-0.25, -0.2) is 4.39 Å². The number of carbonyl (C=O) groups excluding carboxylic acids is 1. The van der Waals surface area contributed by atoms with Crippen molar-refractivity contribution >= 4 is 28.7 Å². The van der Waals surface area contributed by atoms with Crippen molar-refractivity contribution < 1.29 is 23.4 Å². The van der Waals surface area contributed by atoms with Gasteiger partial charge in [0.1, 0.15) is 11.6 Å². The van der Waals surface area contributed by atoms with Gasteiger partial charge in [-0.05, 0) is 35.9 Å². The van der Waals surface area contributed by atoms with E-state index in [-0.39, 0.29) is 23.1 Å². The van der Waals surface area contributed by atoms with Gasteiger partial charge >= 0.3 is 4.87 Å². The van der Waals surface area contributed by atoms with Gasteiger partial charge in [0.15, 0.2) is 11.5 Å². The number of fused-ring (bicyclic) bond motifs is 1. The number of carbonyl (C=O) groups is 1. The zero-order valence-electron chi connectivity index (χ0n) is 17.5. The second kappa shape index (κ2) is 8.07. The summed E-state index contributed by atoms with van der Waals surface area (Å²) in [4.78, 5) is 27.7. The van der Waals surface area contributed by atoms with Gasteiger partial charge in [-0.1, -0.05) is 17.4 Å². The SMILES string of the molecule is COc1cc(C2CC(=O)N(c3cccc(F)c3)c3c2sc(=O)n3C)cc(OC)c1OC. The third-order valence-corrected chi connectivity index (χ3v) is 6.46. The minimum absolute atomic E-state index is 0.0993. The molecule has 9 heteroatoms. The van der Waals surface area contributed by atoms with E-state index in [2.05, 4.69) is 0 Å². The Morgan fingerprint density at radius 1 is 1.03 bits per heavy atom. The van der Waals surface area contributed by atoms with E-state index in [4.69, 9.17) is 14.2 Å². The topological polar surface area (TPSA) is 70.0 Å². The van der Waals surface area contributed by atoms with E-state index in [0.29, 0.717) is 33.6 Å². The van der Waals surface area contributed by atoms with Crippen LogP contribution in [0.3, 0.4) is 0 Å². The Balaban J connectivity index is 1.91. The van der Waals surface area contributed by atoms with Crippen molar-refractivity contribution in [2.75, 3.05) is 26.2 Å². The average Bonchev–Trinajstić information content (AvgIpc) is 3.06. The fourth-order valence-electron chi connectivity index (χ4n) is 3.88. The molecule has 4 rings (SSSR count). The fraction of sp³-hybridized carbons (Fsp3) is 0.273. The van der Waals surface area contributed by atoms with Gasteiger partial charge in [0.2, 0.25) is 11.7 Å². The van der Waals surface area contributed by atoms with Crippen LogP contribution >= 0.6 is 11.3 Å². The molecule has 0 fully saturated rings. The van der Waals surface area contributed by atoms with E-state index in [1.807, 2.05) is 0 Å². The van der Waals surface area contributed by atoms with E-state index in [0.717, 1.165) is 16.9 Å². The molecule has 0 radical (unpaired) electrons. The molecule has 1 amide bonds. The maximum Gasteiger partial charge on any atom is 0.308 e. The second-order valence-electron chi connectivity index (χ2n) is 7.04. The smallest absolute Gasteiger partial charge is 0.308 e. The zero-order valence-corrected chi connectivity index (χ0v) is 18.3. The van der Waals surface area contributed by atoms with Crippen molar-refractivity contribution in [2.24, 2.45) is 7.05 Å². The number of nitrogens with zero attached hydrogens (tertiary/aromatic N) is 2. The summed E-state index contributed by atoms with van der Waals surface area (Å²) in [5.74, 6) is 0.710. The number of thiazole rings is 1. The van der Waals surface area contributed by atoms with Crippen LogP contribution in [0.2, 0.25) is 0 Å². The molecule has 0 saturated heterocycles. The number of methoxy groups -OCH3 is 3. The molecular formula is C22H21FN2O5S. The van der Waals surface area contributed by atoms with Crippen LogP contribution < -0.4 is 24.0 Å². The van der Waals surface area contributed by atoms with E-state index in [1.165, 1.54) is 49.0 Å². The standard InChI is InChI=1S/C22H21FN2O5S/c1-24-21-20(31-22(24)27)15(11-18(26)25(21)14-7-5-6-13(23)10-14)12-8-16(28-2)19(30-4)17(9-12)29-3/h5-10,15H,11H2,1-4H3. The van der Waals surface area contributed by atoms with Crippen molar-refractivity contribution in [3.63, 3.8) is 0 Å². The molecule has 0 saturated carbocycles. The molecule has 0 bridgehead atoms. The molecule has 1 aromatic heterocycles. The molecule has 3 aromatic rings. The summed E-state index contributed by atoms with van der Waals surface area (Å²) in [6, 6.07) is 9.34. The normalized spacial score (nSPS) is 15.6. The molecule has 2 heterocycles. The highest BCUT2D eigenvalue weighted by Crippen LogP contribution is 2.48. The zero-order chi connectivity index (χ0) is 22.3. The predicted octanol–water partition coefficient (Wildman–Crippen LogP) is 3.81. The van der Waals surface area contributed by atoms with Crippen molar-refractivity contribution in [2.45, 2.75) is 12.3 Å². The Bertz CT molecular complexity index is 1190. The van der Waals surface area contributed by atoms with Gasteiger partial charge in [-0.15, -0.1) is 0 Å². The maximum absolute atomic E-state index is 13.9. The Hall–Kier alpha value is -3.33. The third kappa shape index (κ3) is 3.44. The lowest BCUT2D eigenvalue weighted by Crippen LogP contribution is -2.34. The summed E-state index contributed by atoms with van der Waals surface area (Å²) >= 11 is 1.07. The van der Waals surface area contributed by atoms with Gasteiger partial charge < -0.3 is 14.2 Å². The molecule has 1 atom stereocenters. The predicted molar refractivity (Wildman–Crippen MR) is 116 cm³/mol. The summed E-state index contributed by atoms with van der Waals surface area (Å²) < 4.78 is 31.6. The first-order chi connectivity index (χ1) is 14.9. The van der Waals surface area contributed by atoms with E-state index in [1.54, 1.807) is 25.2 Å². The maximum atomic E-state index is 13.9. The number of benzene rings is 2. The minimum Gasteiger partial charge on any atom is -0.493 e. The van der Waals surface area contributed by atoms with Gasteiger partial charge in [-0.2, -0.15) is 0 Å². The fourth-order valence-corrected chi connectivity index (χ4v) is 4.97. The van der Waals surface area contributed by atoms with Crippen molar-refractivity contribution in [3.8, 4) is 17.2 Å². The van der Waals surface area contributed by atoms with Crippen LogP contribution in [0, 0.1) is 5.82 Å². The summed E-state index contributed by atoms with van der Waals surface area (Å²) in [6.07, 6.45) is 0.0993. The molecule has 1 unspecified atom stereocenters. The van der Waals surface area contributed by atoms with Gasteiger partial charge in [0, 0.05) is 19.4 Å². The van der Waals surface area contributed by atoms with Crippen LogP contribution in [-0.2, 0) is 11.8 Å². The summed E-state index contributed by atoms with van der Waals surface area (Å²) in [5.41, 5.74) is 1.13. The number of halogens is 1. The van der Waals surface area contributed by atoms with Crippen molar-refractivity contribution in [1.29, 1.82) is 0 Å². The molecule has 31 heavy (non-hydrogen) atoms. The summed E-state index contributed by atoms with van der Waals surface area (Å²) in [6.45, 7) is 0. The average molecular weight is 444 g/mol. The minimum atomic E-state index is -0.459. The Labute approximate surface area is 182 Å². The lowest BCUT2D eigenvalue weighted by atomic mass is 9.90. The van der Waals surface area contributed by atoms with Crippen LogP contribution in [0.1, 0.15) is 22.8 Å². The van der Waals surface area contributed by atoms with Crippen LogP contribution in [0.5, 0.6) is 17.2 Å². The number of anilines is 2. The quantitative estimate of drug-likeness (QED) is 0.599. The van der Waals surface area contributed by atoms with Crippen LogP contribution in [0.15, 0.2) is 41.2 Å². The number of ether oxygens (including phenoxy) is 3.